The van der Waals surface area contributed by atoms with E-state index in [1.807, 2.05) is 13.0 Å². The van der Waals surface area contributed by atoms with Crippen molar-refractivity contribution in [2.24, 2.45) is 5.92 Å². The number of carbonyl (C=O) groups is 1. The van der Waals surface area contributed by atoms with Crippen LogP contribution in [0.2, 0.25) is 0 Å². The third-order valence-electron chi connectivity index (χ3n) is 6.09. The molecule has 0 aliphatic heterocycles. The van der Waals surface area contributed by atoms with Gasteiger partial charge in [-0.2, -0.15) is 0 Å². The lowest BCUT2D eigenvalue weighted by Gasteiger charge is -2.17. The first-order chi connectivity index (χ1) is 15.9. The summed E-state index contributed by atoms with van der Waals surface area (Å²) in [5.74, 6) is 0.491. The topological polar surface area (TPSA) is 80.9 Å². The maximum absolute atomic E-state index is 14.1. The van der Waals surface area contributed by atoms with Gasteiger partial charge in [0.05, 0.1) is 27.0 Å². The van der Waals surface area contributed by atoms with Gasteiger partial charge in [0.15, 0.2) is 11.5 Å². The molecule has 33 heavy (non-hydrogen) atoms. The van der Waals surface area contributed by atoms with Crippen LogP contribution in [0.15, 0.2) is 53.1 Å². The van der Waals surface area contributed by atoms with E-state index in [4.69, 9.17) is 13.9 Å². The fraction of sp³-hybridized carbons (Fsp3) is 0.269. The number of halogens is 1. The molecule has 1 unspecified atom stereocenters. The highest BCUT2D eigenvalue weighted by Gasteiger charge is 2.35. The van der Waals surface area contributed by atoms with E-state index in [0.29, 0.717) is 23.8 Å². The predicted octanol–water partition coefficient (Wildman–Crippen LogP) is 5.12. The molecule has 7 heteroatoms. The molecule has 1 heterocycles. The zero-order valence-corrected chi connectivity index (χ0v) is 18.7. The van der Waals surface area contributed by atoms with Crippen molar-refractivity contribution in [1.29, 1.82) is 0 Å². The molecule has 1 aliphatic carbocycles. The largest absolute Gasteiger partial charge is 0.502 e. The Morgan fingerprint density at radius 3 is 2.55 bits per heavy atom. The summed E-state index contributed by atoms with van der Waals surface area (Å²) in [5, 5.41) is 13.1. The van der Waals surface area contributed by atoms with Gasteiger partial charge in [0, 0.05) is 6.42 Å². The zero-order chi connectivity index (χ0) is 23.5. The van der Waals surface area contributed by atoms with Gasteiger partial charge in [-0.15, -0.1) is 0 Å². The minimum atomic E-state index is -0.337. The predicted molar refractivity (Wildman–Crippen MR) is 123 cm³/mol. The van der Waals surface area contributed by atoms with Gasteiger partial charge < -0.3 is 24.3 Å². The van der Waals surface area contributed by atoms with Gasteiger partial charge in [0.1, 0.15) is 11.6 Å². The Labute approximate surface area is 191 Å². The van der Waals surface area contributed by atoms with Gasteiger partial charge in [0.2, 0.25) is 11.7 Å². The third kappa shape index (κ3) is 4.58. The molecule has 1 aliphatic rings. The average Bonchev–Trinajstić information content (AvgIpc) is 3.41. The van der Waals surface area contributed by atoms with Crippen molar-refractivity contribution in [1.82, 2.24) is 5.32 Å². The van der Waals surface area contributed by atoms with E-state index in [2.05, 4.69) is 5.32 Å². The summed E-state index contributed by atoms with van der Waals surface area (Å²) in [7, 11) is 2.94. The first kappa shape index (κ1) is 22.5. The molecule has 2 atom stereocenters. The Bertz CT molecular complexity index is 1160. The zero-order valence-electron chi connectivity index (χ0n) is 18.7. The molecular weight excluding hydrogens is 425 g/mol. The lowest BCUT2D eigenvalue weighted by Crippen LogP contribution is -2.25. The highest BCUT2D eigenvalue weighted by Crippen LogP contribution is 2.49. The minimum Gasteiger partial charge on any atom is -0.502 e. The van der Waals surface area contributed by atoms with Crippen LogP contribution in [-0.4, -0.2) is 25.2 Å². The number of nitrogens with one attached hydrogen (secondary N) is 1. The van der Waals surface area contributed by atoms with Crippen LogP contribution < -0.4 is 14.8 Å². The molecule has 0 radical (unpaired) electrons. The van der Waals surface area contributed by atoms with Crippen LogP contribution in [0.3, 0.4) is 0 Å². The Morgan fingerprint density at radius 1 is 1.18 bits per heavy atom. The van der Waals surface area contributed by atoms with Gasteiger partial charge in [0.25, 0.3) is 0 Å². The number of methoxy groups -OCH3 is 2. The number of allylic oxidation sites excluding steroid dienone is 1. The van der Waals surface area contributed by atoms with E-state index < -0.39 is 0 Å². The third-order valence-corrected chi connectivity index (χ3v) is 6.09. The molecule has 0 fully saturated rings. The van der Waals surface area contributed by atoms with Crippen LogP contribution in [0.5, 0.6) is 17.2 Å². The number of amides is 1. The fourth-order valence-corrected chi connectivity index (χ4v) is 4.38. The number of aromatic hydroxyl groups is 1. The van der Waals surface area contributed by atoms with Gasteiger partial charge >= 0.3 is 0 Å². The number of hydrogen-bond donors (Lipinski definition) is 2. The molecule has 172 valence electrons. The Balaban J connectivity index is 1.65. The van der Waals surface area contributed by atoms with Crippen LogP contribution in [0.1, 0.15) is 41.7 Å². The van der Waals surface area contributed by atoms with Crippen LogP contribution in [-0.2, 0) is 11.3 Å². The van der Waals surface area contributed by atoms with Crippen LogP contribution in [0, 0.1) is 11.7 Å². The summed E-state index contributed by atoms with van der Waals surface area (Å²) in [4.78, 5) is 12.7. The molecule has 4 rings (SSSR count). The van der Waals surface area contributed by atoms with E-state index in [0.717, 1.165) is 22.3 Å². The number of phenolic OH excluding ortho intramolecular Hbond substituents is 1. The van der Waals surface area contributed by atoms with Crippen LogP contribution in [0.4, 0.5) is 4.39 Å². The van der Waals surface area contributed by atoms with Crippen molar-refractivity contribution in [2.45, 2.75) is 25.8 Å². The lowest BCUT2D eigenvalue weighted by atomic mass is 9.88. The second-order valence-corrected chi connectivity index (χ2v) is 8.06. The smallest absolute Gasteiger partial charge is 0.221 e. The molecule has 6 nitrogen and oxygen atoms in total. The molecule has 0 saturated carbocycles. The molecule has 3 aromatic rings. The number of benzene rings is 2. The molecule has 0 bridgehead atoms. The van der Waals surface area contributed by atoms with E-state index >= 15 is 0 Å². The normalized spacial score (nSPS) is 18.2. The van der Waals surface area contributed by atoms with Crippen LogP contribution >= 0.6 is 0 Å². The molecule has 1 amide bonds. The Kier molecular flexibility index (Phi) is 6.40. The Hall–Kier alpha value is -3.74. The van der Waals surface area contributed by atoms with Gasteiger partial charge in [-0.05, 0) is 70.5 Å². The molecule has 2 aromatic carbocycles. The molecular formula is C26H26FNO5. The van der Waals surface area contributed by atoms with Crippen molar-refractivity contribution in [3.63, 3.8) is 0 Å². The standard InChI is InChI=1S/C26H26FNO5/c1-15-20(9-16-10-23(31-2)26(30)24(11-16)32-3)19-7-6-17(27)12-22(19)21(15)13-25(29)28-14-18-5-4-8-33-18/h4-12,15,21,30H,13-14H2,1-3H3,(H,28,29)/b20-9-/t15-,21?/m1/s1. The highest BCUT2D eigenvalue weighted by atomic mass is 19.1. The van der Waals surface area contributed by atoms with Crippen molar-refractivity contribution in [2.75, 3.05) is 14.2 Å². The number of ether oxygens (including phenoxy) is 2. The summed E-state index contributed by atoms with van der Waals surface area (Å²) < 4.78 is 29.9. The fourth-order valence-electron chi connectivity index (χ4n) is 4.38. The van der Waals surface area contributed by atoms with Crippen molar-refractivity contribution < 1.29 is 28.2 Å². The highest BCUT2D eigenvalue weighted by molar-refractivity contribution is 5.89. The summed E-state index contributed by atoms with van der Waals surface area (Å²) >= 11 is 0. The van der Waals surface area contributed by atoms with Crippen molar-refractivity contribution in [3.05, 3.63) is 77.0 Å². The van der Waals surface area contributed by atoms with E-state index in [1.165, 1.54) is 26.4 Å². The summed E-state index contributed by atoms with van der Waals surface area (Å²) in [5.41, 5.74) is 3.45. The van der Waals surface area contributed by atoms with Gasteiger partial charge in [-0.1, -0.05) is 19.1 Å². The van der Waals surface area contributed by atoms with Gasteiger partial charge in [-0.25, -0.2) is 4.39 Å². The number of rotatable bonds is 7. The summed E-state index contributed by atoms with van der Waals surface area (Å²) in [6.07, 6.45) is 3.74. The van der Waals surface area contributed by atoms with Gasteiger partial charge in [-0.3, -0.25) is 4.79 Å². The molecule has 0 saturated heterocycles. The van der Waals surface area contributed by atoms with E-state index in [-0.39, 0.29) is 35.7 Å². The average molecular weight is 451 g/mol. The number of carbonyl (C=O) groups excluding carboxylic acids is 1. The number of furan rings is 1. The monoisotopic (exact) mass is 451 g/mol. The van der Waals surface area contributed by atoms with Crippen molar-refractivity contribution >= 4 is 17.6 Å². The summed E-state index contributed by atoms with van der Waals surface area (Å²) in [6.45, 7) is 2.34. The lowest BCUT2D eigenvalue weighted by molar-refractivity contribution is -0.121. The van der Waals surface area contributed by atoms with E-state index in [1.54, 1.807) is 36.6 Å². The van der Waals surface area contributed by atoms with Crippen molar-refractivity contribution in [3.8, 4) is 17.2 Å². The second-order valence-electron chi connectivity index (χ2n) is 8.06. The second kappa shape index (κ2) is 9.40. The first-order valence-corrected chi connectivity index (χ1v) is 10.7. The van der Waals surface area contributed by atoms with Crippen LogP contribution in [0.25, 0.3) is 11.6 Å². The Morgan fingerprint density at radius 2 is 1.91 bits per heavy atom. The van der Waals surface area contributed by atoms with E-state index in [9.17, 15) is 14.3 Å². The minimum absolute atomic E-state index is 0.0399. The quantitative estimate of drug-likeness (QED) is 0.521. The number of hydrogen-bond acceptors (Lipinski definition) is 5. The summed E-state index contributed by atoms with van der Waals surface area (Å²) in [6, 6.07) is 11.7. The SMILES string of the molecule is COc1cc(/C=C2\c3ccc(F)cc3C(CC(=O)NCc3ccco3)[C@@H]2C)cc(OC)c1O. The first-order valence-electron chi connectivity index (χ1n) is 10.7. The maximum Gasteiger partial charge on any atom is 0.221 e. The maximum atomic E-state index is 14.1. The molecule has 0 spiro atoms. The molecule has 1 aromatic heterocycles. The number of phenols is 1. The molecule has 2 N–H and O–H groups in total. The number of fused-ring (bicyclic) bond motifs is 1.